The molecule has 12 heteroatoms. The van der Waals surface area contributed by atoms with Gasteiger partial charge in [-0.05, 0) is 83.5 Å². The van der Waals surface area contributed by atoms with Gasteiger partial charge in [-0.2, -0.15) is 0 Å². The Bertz CT molecular complexity index is 1540. The van der Waals surface area contributed by atoms with Gasteiger partial charge < -0.3 is 29.7 Å². The van der Waals surface area contributed by atoms with Gasteiger partial charge in [-0.3, -0.25) is 18.6 Å². The Hall–Kier alpha value is -4.19. The molecule has 62 heavy (non-hydrogen) atoms. The number of phosphoric acid groups is 1. The molecule has 0 heterocycles. The van der Waals surface area contributed by atoms with Crippen molar-refractivity contribution in [1.82, 2.24) is 0 Å². The Morgan fingerprint density at radius 1 is 0.532 bits per heavy atom. The van der Waals surface area contributed by atoms with Gasteiger partial charge in [0.2, 0.25) is 0 Å². The summed E-state index contributed by atoms with van der Waals surface area (Å²) in [5, 5.41) is 28.2. The number of esters is 2. The summed E-state index contributed by atoms with van der Waals surface area (Å²) >= 11 is 0. The van der Waals surface area contributed by atoms with Gasteiger partial charge in [-0.25, -0.2) is 4.57 Å². The highest BCUT2D eigenvalue weighted by atomic mass is 31.2. The van der Waals surface area contributed by atoms with E-state index in [-0.39, 0.29) is 12.8 Å². The number of ether oxygens (including phenoxy) is 2. The number of carbonyl (C=O) groups excluding carboxylic acids is 2. The molecule has 2 unspecified atom stereocenters. The van der Waals surface area contributed by atoms with Crippen LogP contribution in [0.5, 0.6) is 0 Å². The molecule has 0 aliphatic rings. The normalized spacial score (nSPS) is 15.6. The van der Waals surface area contributed by atoms with Crippen molar-refractivity contribution in [3.05, 3.63) is 146 Å². The SMILES string of the molecule is CC/C=C\C/C=C\C/C=C\C/C=C\C/C=C\C/C=C\CCC(=O)OC[C@H](COP(=O)(O)OC[C@@H](O)CO)OC(=O)CC/C=C\C/C=C\C/C=C\C/C=C/C=C/C(O)C/C=C\CC. The predicted molar refractivity (Wildman–Crippen MR) is 252 cm³/mol. The molecule has 0 bridgehead atoms. The van der Waals surface area contributed by atoms with Gasteiger partial charge in [-0.15, -0.1) is 0 Å². The van der Waals surface area contributed by atoms with Crippen molar-refractivity contribution in [2.45, 2.75) is 128 Å². The fourth-order valence-electron chi connectivity index (χ4n) is 4.77. The van der Waals surface area contributed by atoms with Crippen molar-refractivity contribution < 1.29 is 52.9 Å². The average molecular weight is 883 g/mol. The molecule has 0 radical (unpaired) electrons. The molecule has 0 aromatic rings. The molecular weight excluding hydrogens is 808 g/mol. The number of allylic oxidation sites excluding steroid dienone is 22. The first kappa shape index (κ1) is 57.8. The number of phosphoric ester groups is 1. The fraction of sp³-hybridized carbons (Fsp3) is 0.480. The molecule has 0 aliphatic heterocycles. The number of aliphatic hydroxyl groups excluding tert-OH is 3. The lowest BCUT2D eigenvalue weighted by Crippen LogP contribution is -2.29. The zero-order valence-electron chi connectivity index (χ0n) is 37.1. The van der Waals surface area contributed by atoms with Crippen LogP contribution >= 0.6 is 7.82 Å². The minimum atomic E-state index is -4.68. The van der Waals surface area contributed by atoms with Crippen molar-refractivity contribution in [2.75, 3.05) is 26.4 Å². The Labute approximate surface area is 372 Å². The van der Waals surface area contributed by atoms with E-state index in [2.05, 4.69) is 91.3 Å². The molecule has 4 atom stereocenters. The standard InChI is InChI=1S/C50H75O11P/c1-3-5-7-8-9-10-11-12-13-14-15-16-17-20-23-26-29-32-36-40-49(54)58-44-48(45-60-62(56,57)59-43-47(53)42-51)61-50(55)41-37-33-30-27-24-21-18-19-22-25-28-31-35-39-46(52)38-34-6-4-2/h5-7,9-10,12-13,15-16,19-24,28-35,39,46-48,51-53H,3-4,8,11,14,17-18,25-27,36-38,40-45H2,1-2H3,(H,56,57)/b7-5-,10-9-,13-12-,16-15-,22-19-,23-20-,24-21-,31-28+,32-29-,33-30-,34-6-,39-35+/t46?,47-,48+/m0/s1. The van der Waals surface area contributed by atoms with Gasteiger partial charge in [0.1, 0.15) is 12.7 Å². The molecule has 0 spiro atoms. The van der Waals surface area contributed by atoms with E-state index in [1.165, 1.54) is 0 Å². The molecule has 0 aliphatic carbocycles. The molecule has 0 saturated carbocycles. The van der Waals surface area contributed by atoms with E-state index in [1.807, 2.05) is 66.8 Å². The van der Waals surface area contributed by atoms with E-state index in [1.54, 1.807) is 6.08 Å². The topological polar surface area (TPSA) is 169 Å². The second-order valence-electron chi connectivity index (χ2n) is 13.8. The molecule has 0 fully saturated rings. The van der Waals surface area contributed by atoms with E-state index in [9.17, 15) is 29.3 Å². The number of rotatable bonds is 38. The lowest BCUT2D eigenvalue weighted by molar-refractivity contribution is -0.161. The van der Waals surface area contributed by atoms with Gasteiger partial charge in [0.05, 0.1) is 25.9 Å². The van der Waals surface area contributed by atoms with Crippen LogP contribution in [0.25, 0.3) is 0 Å². The molecule has 0 aromatic heterocycles. The highest BCUT2D eigenvalue weighted by molar-refractivity contribution is 7.47. The van der Waals surface area contributed by atoms with Crippen LogP contribution in [0.1, 0.15) is 110 Å². The van der Waals surface area contributed by atoms with Crippen LogP contribution in [-0.2, 0) is 32.7 Å². The third-order valence-corrected chi connectivity index (χ3v) is 9.05. The average Bonchev–Trinajstić information content (AvgIpc) is 3.26. The summed E-state index contributed by atoms with van der Waals surface area (Å²) < 4.78 is 32.5. The van der Waals surface area contributed by atoms with E-state index < -0.39 is 64.5 Å². The van der Waals surface area contributed by atoms with Crippen LogP contribution in [0.3, 0.4) is 0 Å². The quantitative estimate of drug-likeness (QED) is 0.0201. The van der Waals surface area contributed by atoms with Gasteiger partial charge in [0.25, 0.3) is 0 Å². The van der Waals surface area contributed by atoms with E-state index in [0.717, 1.165) is 57.8 Å². The Kier molecular flexibility index (Phi) is 40.5. The van der Waals surface area contributed by atoms with Gasteiger partial charge in [0.15, 0.2) is 6.10 Å². The summed E-state index contributed by atoms with van der Waals surface area (Å²) in [6.45, 7) is 1.83. The van der Waals surface area contributed by atoms with Crippen LogP contribution in [0, 0.1) is 0 Å². The predicted octanol–water partition coefficient (Wildman–Crippen LogP) is 10.9. The molecule has 4 N–H and O–H groups in total. The summed E-state index contributed by atoms with van der Waals surface area (Å²) in [6, 6.07) is 0. The van der Waals surface area contributed by atoms with Crippen molar-refractivity contribution >= 4 is 19.8 Å². The summed E-state index contributed by atoms with van der Waals surface area (Å²) in [4.78, 5) is 35.0. The molecule has 0 saturated heterocycles. The fourth-order valence-corrected chi connectivity index (χ4v) is 5.56. The minimum absolute atomic E-state index is 0.0175. The maximum atomic E-state index is 12.6. The minimum Gasteiger partial charge on any atom is -0.462 e. The van der Waals surface area contributed by atoms with Crippen LogP contribution in [-0.4, -0.2) is 76.9 Å². The monoisotopic (exact) mass is 883 g/mol. The summed E-state index contributed by atoms with van der Waals surface area (Å²) in [7, 11) is -4.68. The largest absolute Gasteiger partial charge is 0.472 e. The Morgan fingerprint density at radius 2 is 0.952 bits per heavy atom. The van der Waals surface area contributed by atoms with Crippen molar-refractivity contribution in [1.29, 1.82) is 0 Å². The van der Waals surface area contributed by atoms with E-state index in [0.29, 0.717) is 25.7 Å². The first-order valence-corrected chi connectivity index (χ1v) is 23.4. The molecule has 0 rings (SSSR count). The molecule has 0 aromatic carbocycles. The maximum Gasteiger partial charge on any atom is 0.472 e. The third kappa shape index (κ3) is 42.5. The van der Waals surface area contributed by atoms with Crippen molar-refractivity contribution in [3.8, 4) is 0 Å². The highest BCUT2D eigenvalue weighted by Gasteiger charge is 2.27. The second kappa shape index (κ2) is 43.5. The third-order valence-electron chi connectivity index (χ3n) is 8.10. The summed E-state index contributed by atoms with van der Waals surface area (Å²) in [5.41, 5.74) is 0. The van der Waals surface area contributed by atoms with Gasteiger partial charge in [0, 0.05) is 12.8 Å². The summed E-state index contributed by atoms with van der Waals surface area (Å²) in [6.07, 6.45) is 56.0. The first-order chi connectivity index (χ1) is 30.1. The number of carbonyl (C=O) groups is 2. The van der Waals surface area contributed by atoms with Crippen LogP contribution in [0.15, 0.2) is 146 Å². The smallest absolute Gasteiger partial charge is 0.462 e. The zero-order chi connectivity index (χ0) is 45.6. The molecule has 11 nitrogen and oxygen atoms in total. The summed E-state index contributed by atoms with van der Waals surface area (Å²) in [5.74, 6) is -1.16. The van der Waals surface area contributed by atoms with Crippen LogP contribution in [0.4, 0.5) is 0 Å². The Morgan fingerprint density at radius 3 is 1.44 bits per heavy atom. The second-order valence-corrected chi connectivity index (χ2v) is 15.3. The highest BCUT2D eigenvalue weighted by Crippen LogP contribution is 2.43. The Balaban J connectivity index is 4.61. The van der Waals surface area contributed by atoms with Gasteiger partial charge in [-0.1, -0.05) is 160 Å². The first-order valence-electron chi connectivity index (χ1n) is 21.9. The van der Waals surface area contributed by atoms with Crippen molar-refractivity contribution in [3.63, 3.8) is 0 Å². The van der Waals surface area contributed by atoms with Crippen molar-refractivity contribution in [2.24, 2.45) is 0 Å². The van der Waals surface area contributed by atoms with E-state index >= 15 is 0 Å². The maximum absolute atomic E-state index is 12.6. The number of aliphatic hydroxyl groups is 3. The lowest BCUT2D eigenvalue weighted by Gasteiger charge is -2.20. The molecular formula is C50H75O11P. The van der Waals surface area contributed by atoms with Crippen LogP contribution in [0.2, 0.25) is 0 Å². The lowest BCUT2D eigenvalue weighted by atomic mass is 10.2. The zero-order valence-corrected chi connectivity index (χ0v) is 38.0. The molecule has 0 amide bonds. The number of hydrogen-bond donors (Lipinski definition) is 4. The van der Waals surface area contributed by atoms with Gasteiger partial charge >= 0.3 is 19.8 Å². The number of hydrogen-bond acceptors (Lipinski definition) is 10. The molecule has 346 valence electrons. The van der Waals surface area contributed by atoms with E-state index in [4.69, 9.17) is 19.1 Å². The van der Waals surface area contributed by atoms with Crippen LogP contribution < -0.4 is 0 Å².